The van der Waals surface area contributed by atoms with Crippen molar-refractivity contribution in [2.75, 3.05) is 0 Å². The molecule has 0 saturated heterocycles. The summed E-state index contributed by atoms with van der Waals surface area (Å²) < 4.78 is 5.74. The van der Waals surface area contributed by atoms with Crippen LogP contribution in [0.15, 0.2) is 54.6 Å². The van der Waals surface area contributed by atoms with Gasteiger partial charge in [-0.15, -0.1) is 0 Å². The van der Waals surface area contributed by atoms with Gasteiger partial charge in [0.1, 0.15) is 12.4 Å². The van der Waals surface area contributed by atoms with Crippen molar-refractivity contribution in [2.45, 2.75) is 13.5 Å². The smallest absolute Gasteiger partial charge is 0.328 e. The summed E-state index contributed by atoms with van der Waals surface area (Å²) in [6.45, 7) is 2.55. The van der Waals surface area contributed by atoms with Crippen LogP contribution >= 0.6 is 0 Å². The third-order valence-corrected chi connectivity index (χ3v) is 2.93. The third-order valence-electron chi connectivity index (χ3n) is 2.93. The molecule has 0 aliphatic heterocycles. The lowest BCUT2D eigenvalue weighted by Crippen LogP contribution is -1.97. The molecule has 2 rings (SSSR count). The molecule has 0 aliphatic carbocycles. The van der Waals surface area contributed by atoms with Gasteiger partial charge in [-0.3, -0.25) is 0 Å². The molecule has 0 atom stereocenters. The van der Waals surface area contributed by atoms with E-state index in [1.807, 2.05) is 55.5 Å². The summed E-state index contributed by atoms with van der Waals surface area (Å²) in [5, 5.41) is 8.61. The number of carboxylic acids is 1. The summed E-state index contributed by atoms with van der Waals surface area (Å²) in [5.41, 5.74) is 3.13. The Bertz CT molecular complexity index is 630. The summed E-state index contributed by atoms with van der Waals surface area (Å²) in [6.07, 6.45) is 2.66. The van der Waals surface area contributed by atoms with Gasteiger partial charge in [-0.05, 0) is 41.8 Å². The highest BCUT2D eigenvalue weighted by atomic mass is 16.5. The first-order chi connectivity index (χ1) is 9.65. The predicted molar refractivity (Wildman–Crippen MR) is 78.6 cm³/mol. The lowest BCUT2D eigenvalue weighted by atomic mass is 10.1. The van der Waals surface area contributed by atoms with E-state index in [2.05, 4.69) is 0 Å². The Hall–Kier alpha value is -2.55. The van der Waals surface area contributed by atoms with E-state index in [-0.39, 0.29) is 0 Å². The number of aryl methyl sites for hydroxylation is 1. The Morgan fingerprint density at radius 2 is 2.00 bits per heavy atom. The van der Waals surface area contributed by atoms with Gasteiger partial charge in [0.15, 0.2) is 0 Å². The molecule has 0 aliphatic rings. The zero-order valence-electron chi connectivity index (χ0n) is 11.2. The molecule has 1 N–H and O–H groups in total. The van der Waals surface area contributed by atoms with E-state index in [1.165, 1.54) is 5.56 Å². The van der Waals surface area contributed by atoms with Gasteiger partial charge in [0.2, 0.25) is 0 Å². The second-order valence-electron chi connectivity index (χ2n) is 4.46. The summed E-state index contributed by atoms with van der Waals surface area (Å²) in [4.78, 5) is 10.5. The number of hydrogen-bond acceptors (Lipinski definition) is 2. The lowest BCUT2D eigenvalue weighted by molar-refractivity contribution is -0.131. The Morgan fingerprint density at radius 3 is 2.75 bits per heavy atom. The number of benzene rings is 2. The lowest BCUT2D eigenvalue weighted by Gasteiger charge is -2.09. The molecule has 0 radical (unpaired) electrons. The normalized spacial score (nSPS) is 10.7. The van der Waals surface area contributed by atoms with E-state index in [0.717, 1.165) is 23.0 Å². The molecular weight excluding hydrogens is 252 g/mol. The van der Waals surface area contributed by atoms with Gasteiger partial charge < -0.3 is 9.84 Å². The van der Waals surface area contributed by atoms with Gasteiger partial charge in [0.25, 0.3) is 0 Å². The standard InChI is InChI=1S/C17H16O3/c1-13-5-2-3-7-15(13)12-20-16-8-4-6-14(11-16)9-10-17(18)19/h2-11H,12H2,1H3,(H,18,19). The molecule has 2 aromatic rings. The van der Waals surface area contributed by atoms with Crippen LogP contribution in [0.4, 0.5) is 0 Å². The van der Waals surface area contributed by atoms with Gasteiger partial charge in [0.05, 0.1) is 0 Å². The average molecular weight is 268 g/mol. The van der Waals surface area contributed by atoms with Crippen molar-refractivity contribution in [1.82, 2.24) is 0 Å². The van der Waals surface area contributed by atoms with Gasteiger partial charge in [-0.2, -0.15) is 0 Å². The van der Waals surface area contributed by atoms with Crippen molar-refractivity contribution in [3.63, 3.8) is 0 Å². The fraction of sp³-hybridized carbons (Fsp3) is 0.118. The molecule has 0 unspecified atom stereocenters. The number of hydrogen-bond donors (Lipinski definition) is 1. The first-order valence-corrected chi connectivity index (χ1v) is 6.33. The second-order valence-corrected chi connectivity index (χ2v) is 4.46. The van der Waals surface area contributed by atoms with Crippen LogP contribution in [-0.2, 0) is 11.4 Å². The molecule has 0 heterocycles. The number of carboxylic acid groups (broad SMARTS) is 1. The van der Waals surface area contributed by atoms with Crippen LogP contribution in [0.2, 0.25) is 0 Å². The van der Waals surface area contributed by atoms with Crippen LogP contribution in [0.5, 0.6) is 5.75 Å². The molecule has 20 heavy (non-hydrogen) atoms. The van der Waals surface area contributed by atoms with Crippen molar-refractivity contribution < 1.29 is 14.6 Å². The number of rotatable bonds is 5. The Labute approximate surface area is 118 Å². The molecule has 0 aromatic heterocycles. The summed E-state index contributed by atoms with van der Waals surface area (Å²) in [5.74, 6) is -0.239. The zero-order chi connectivity index (χ0) is 14.4. The Balaban J connectivity index is 2.05. The fourth-order valence-corrected chi connectivity index (χ4v) is 1.81. The molecule has 0 amide bonds. The number of ether oxygens (including phenoxy) is 1. The van der Waals surface area contributed by atoms with Crippen LogP contribution in [0, 0.1) is 6.92 Å². The van der Waals surface area contributed by atoms with Gasteiger partial charge >= 0.3 is 5.97 Å². The Morgan fingerprint density at radius 1 is 1.20 bits per heavy atom. The summed E-state index contributed by atoms with van der Waals surface area (Å²) in [7, 11) is 0. The van der Waals surface area contributed by atoms with E-state index in [4.69, 9.17) is 9.84 Å². The second kappa shape index (κ2) is 6.57. The van der Waals surface area contributed by atoms with Crippen LogP contribution in [0.3, 0.4) is 0 Å². The van der Waals surface area contributed by atoms with E-state index in [0.29, 0.717) is 6.61 Å². The fourth-order valence-electron chi connectivity index (χ4n) is 1.81. The quantitative estimate of drug-likeness (QED) is 0.841. The maximum absolute atomic E-state index is 10.5. The molecule has 0 spiro atoms. The van der Waals surface area contributed by atoms with Crippen molar-refractivity contribution in [1.29, 1.82) is 0 Å². The van der Waals surface area contributed by atoms with Crippen LogP contribution in [-0.4, -0.2) is 11.1 Å². The molecule has 0 fully saturated rings. The zero-order valence-corrected chi connectivity index (χ0v) is 11.2. The minimum Gasteiger partial charge on any atom is -0.489 e. The molecule has 2 aromatic carbocycles. The molecule has 3 nitrogen and oxygen atoms in total. The molecule has 3 heteroatoms. The van der Waals surface area contributed by atoms with E-state index >= 15 is 0 Å². The van der Waals surface area contributed by atoms with E-state index < -0.39 is 5.97 Å². The predicted octanol–water partition coefficient (Wildman–Crippen LogP) is 3.67. The first-order valence-electron chi connectivity index (χ1n) is 6.33. The highest BCUT2D eigenvalue weighted by molar-refractivity contribution is 5.85. The summed E-state index contributed by atoms with van der Waals surface area (Å²) >= 11 is 0. The minimum absolute atomic E-state index is 0.499. The average Bonchev–Trinajstić information content (AvgIpc) is 2.45. The molecule has 0 saturated carbocycles. The van der Waals surface area contributed by atoms with Crippen molar-refractivity contribution in [3.05, 3.63) is 71.3 Å². The van der Waals surface area contributed by atoms with E-state index in [9.17, 15) is 4.79 Å². The number of carbonyl (C=O) groups is 1. The van der Waals surface area contributed by atoms with Gasteiger partial charge in [-0.25, -0.2) is 4.79 Å². The van der Waals surface area contributed by atoms with Crippen LogP contribution in [0.1, 0.15) is 16.7 Å². The highest BCUT2D eigenvalue weighted by Gasteiger charge is 1.99. The van der Waals surface area contributed by atoms with Crippen molar-refractivity contribution in [2.24, 2.45) is 0 Å². The van der Waals surface area contributed by atoms with Crippen LogP contribution in [0.25, 0.3) is 6.08 Å². The van der Waals surface area contributed by atoms with Gasteiger partial charge in [-0.1, -0.05) is 36.4 Å². The molecule has 102 valence electrons. The first kappa shape index (κ1) is 13.9. The largest absolute Gasteiger partial charge is 0.489 e. The minimum atomic E-state index is -0.962. The van der Waals surface area contributed by atoms with Gasteiger partial charge in [0, 0.05) is 6.08 Å². The van der Waals surface area contributed by atoms with Crippen molar-refractivity contribution >= 4 is 12.0 Å². The number of aliphatic carboxylic acids is 1. The maximum atomic E-state index is 10.5. The van der Waals surface area contributed by atoms with E-state index in [1.54, 1.807) is 6.08 Å². The topological polar surface area (TPSA) is 46.5 Å². The Kier molecular flexibility index (Phi) is 4.56. The molecule has 0 bridgehead atoms. The summed E-state index contributed by atoms with van der Waals surface area (Å²) in [6, 6.07) is 15.4. The van der Waals surface area contributed by atoms with Crippen LogP contribution < -0.4 is 4.74 Å². The molecular formula is C17H16O3. The SMILES string of the molecule is Cc1ccccc1COc1cccc(C=CC(=O)O)c1. The monoisotopic (exact) mass is 268 g/mol. The van der Waals surface area contributed by atoms with Crippen molar-refractivity contribution in [3.8, 4) is 5.75 Å². The highest BCUT2D eigenvalue weighted by Crippen LogP contribution is 2.17. The maximum Gasteiger partial charge on any atom is 0.328 e. The third kappa shape index (κ3) is 3.99.